The van der Waals surface area contributed by atoms with E-state index in [9.17, 15) is 4.79 Å². The number of halogens is 1. The highest BCUT2D eigenvalue weighted by Gasteiger charge is 2.56. The van der Waals surface area contributed by atoms with Gasteiger partial charge in [0.05, 0.1) is 11.4 Å². The van der Waals surface area contributed by atoms with Crippen molar-refractivity contribution in [2.75, 3.05) is 16.8 Å². The van der Waals surface area contributed by atoms with Crippen LogP contribution in [-0.4, -0.2) is 18.0 Å². The molecule has 2 aliphatic rings. The van der Waals surface area contributed by atoms with E-state index in [1.807, 2.05) is 12.1 Å². The average Bonchev–Trinajstić information content (AvgIpc) is 3.02. The van der Waals surface area contributed by atoms with Gasteiger partial charge in [-0.25, -0.2) is 0 Å². The number of carbonyl (C=O) groups excluding carboxylic acids is 1. The predicted octanol–water partition coefficient (Wildman–Crippen LogP) is 2.76. The first kappa shape index (κ1) is 10.1. The molecule has 1 amide bonds. The number of anilines is 2. The van der Waals surface area contributed by atoms with Crippen LogP contribution in [0, 0.1) is 0 Å². The van der Waals surface area contributed by atoms with E-state index in [-0.39, 0.29) is 11.4 Å². The number of amides is 1. The van der Waals surface area contributed by atoms with Gasteiger partial charge in [-0.15, -0.1) is 0 Å². The van der Waals surface area contributed by atoms with E-state index in [2.05, 4.69) is 39.1 Å². The highest BCUT2D eigenvalue weighted by atomic mass is 79.9. The predicted molar refractivity (Wildman–Crippen MR) is 67.8 cm³/mol. The van der Waals surface area contributed by atoms with E-state index in [0.717, 1.165) is 35.2 Å². The molecular weight excluding hydrogens is 268 g/mol. The van der Waals surface area contributed by atoms with Crippen LogP contribution in [0.1, 0.15) is 19.8 Å². The largest absolute Gasteiger partial charge is 0.356 e. The Morgan fingerprint density at radius 2 is 2.25 bits per heavy atom. The lowest BCUT2D eigenvalue weighted by Gasteiger charge is -2.38. The molecule has 1 aromatic rings. The zero-order valence-corrected chi connectivity index (χ0v) is 10.7. The first-order valence-corrected chi connectivity index (χ1v) is 6.35. The summed E-state index contributed by atoms with van der Waals surface area (Å²) in [7, 11) is 0. The quantitative estimate of drug-likeness (QED) is 0.858. The van der Waals surface area contributed by atoms with Gasteiger partial charge in [-0.1, -0.05) is 15.9 Å². The van der Waals surface area contributed by atoms with Gasteiger partial charge in [-0.3, -0.25) is 4.79 Å². The van der Waals surface area contributed by atoms with Gasteiger partial charge in [0, 0.05) is 11.0 Å². The molecule has 1 N–H and O–H groups in total. The monoisotopic (exact) mass is 280 g/mol. The summed E-state index contributed by atoms with van der Waals surface area (Å²) >= 11 is 3.43. The maximum Gasteiger partial charge on any atom is 0.250 e. The Morgan fingerprint density at radius 3 is 2.88 bits per heavy atom. The third-order valence-corrected chi connectivity index (χ3v) is 3.97. The summed E-state index contributed by atoms with van der Waals surface area (Å²) in [5.74, 6) is 0.153. The van der Waals surface area contributed by atoms with Crippen LogP contribution in [0.4, 0.5) is 11.4 Å². The molecule has 0 atom stereocenters. The topological polar surface area (TPSA) is 32.3 Å². The van der Waals surface area contributed by atoms with Crippen LogP contribution in [-0.2, 0) is 4.79 Å². The van der Waals surface area contributed by atoms with Gasteiger partial charge in [0.25, 0.3) is 0 Å². The van der Waals surface area contributed by atoms with Crippen LogP contribution in [0.15, 0.2) is 22.7 Å². The molecule has 0 radical (unpaired) electrons. The summed E-state index contributed by atoms with van der Waals surface area (Å²) in [6, 6.07) is 6.06. The molecule has 1 fully saturated rings. The zero-order chi connectivity index (χ0) is 11.3. The molecule has 4 heteroatoms. The van der Waals surface area contributed by atoms with Gasteiger partial charge < -0.3 is 10.2 Å². The number of likely N-dealkylation sites (N-methyl/N-ethyl adjacent to an activating group) is 1. The van der Waals surface area contributed by atoms with Crippen molar-refractivity contribution in [3.05, 3.63) is 22.7 Å². The van der Waals surface area contributed by atoms with Crippen LogP contribution < -0.4 is 10.2 Å². The smallest absolute Gasteiger partial charge is 0.250 e. The highest BCUT2D eigenvalue weighted by Crippen LogP contribution is 2.50. The van der Waals surface area contributed by atoms with Crippen molar-refractivity contribution >= 4 is 33.2 Å². The summed E-state index contributed by atoms with van der Waals surface area (Å²) in [4.78, 5) is 14.3. The maximum atomic E-state index is 12.1. The van der Waals surface area contributed by atoms with Crippen LogP contribution >= 0.6 is 15.9 Å². The second-order valence-corrected chi connectivity index (χ2v) is 5.31. The maximum absolute atomic E-state index is 12.1. The number of nitrogens with zero attached hydrogens (tertiary/aromatic N) is 1. The number of hydrogen-bond acceptors (Lipinski definition) is 2. The molecular formula is C12H13BrN2O. The van der Waals surface area contributed by atoms with Crippen LogP contribution in [0.5, 0.6) is 0 Å². The molecule has 0 aromatic heterocycles. The molecule has 0 unspecified atom stereocenters. The fourth-order valence-corrected chi connectivity index (χ4v) is 2.89. The first-order valence-electron chi connectivity index (χ1n) is 5.56. The van der Waals surface area contributed by atoms with Crippen molar-refractivity contribution in [2.45, 2.75) is 25.3 Å². The second-order valence-electron chi connectivity index (χ2n) is 4.39. The fourth-order valence-electron chi connectivity index (χ4n) is 2.52. The van der Waals surface area contributed by atoms with E-state index < -0.39 is 0 Å². The lowest BCUT2D eigenvalue weighted by Crippen LogP contribution is -2.50. The molecule has 1 spiro atoms. The Morgan fingerprint density at radius 1 is 1.50 bits per heavy atom. The molecule has 84 valence electrons. The highest BCUT2D eigenvalue weighted by molar-refractivity contribution is 9.10. The SMILES string of the molecule is CCN1c2ccc(Br)cc2NC(=O)C12CC2. The Hall–Kier alpha value is -1.03. The van der Waals surface area contributed by atoms with E-state index in [1.54, 1.807) is 0 Å². The summed E-state index contributed by atoms with van der Waals surface area (Å²) < 4.78 is 0.995. The van der Waals surface area contributed by atoms with Crippen molar-refractivity contribution in [1.82, 2.24) is 0 Å². The summed E-state index contributed by atoms with van der Waals surface area (Å²) in [5, 5.41) is 3.01. The molecule has 1 saturated carbocycles. The standard InChI is InChI=1S/C12H13BrN2O/c1-2-15-10-4-3-8(13)7-9(10)14-11(16)12(15)5-6-12/h3-4,7H,2,5-6H2,1H3,(H,14,16). The number of fused-ring (bicyclic) bond motifs is 1. The normalized spacial score (nSPS) is 20.6. The van der Waals surface area contributed by atoms with Gasteiger partial charge in [-0.05, 0) is 38.0 Å². The minimum atomic E-state index is -0.240. The lowest BCUT2D eigenvalue weighted by atomic mass is 10.1. The fraction of sp³-hybridized carbons (Fsp3) is 0.417. The van der Waals surface area contributed by atoms with Gasteiger partial charge in [-0.2, -0.15) is 0 Å². The van der Waals surface area contributed by atoms with E-state index in [4.69, 9.17) is 0 Å². The van der Waals surface area contributed by atoms with Gasteiger partial charge >= 0.3 is 0 Å². The second kappa shape index (κ2) is 3.23. The first-order chi connectivity index (χ1) is 7.67. The van der Waals surface area contributed by atoms with Crippen LogP contribution in [0.3, 0.4) is 0 Å². The summed E-state index contributed by atoms with van der Waals surface area (Å²) in [6.07, 6.45) is 1.95. The van der Waals surface area contributed by atoms with Crippen LogP contribution in [0.2, 0.25) is 0 Å². The third kappa shape index (κ3) is 1.22. The number of carbonyl (C=O) groups is 1. The van der Waals surface area contributed by atoms with Gasteiger partial charge in [0.1, 0.15) is 5.54 Å². The van der Waals surface area contributed by atoms with Crippen LogP contribution in [0.25, 0.3) is 0 Å². The summed E-state index contributed by atoms with van der Waals surface area (Å²) in [6.45, 7) is 2.98. The Bertz CT molecular complexity index is 468. The number of rotatable bonds is 1. The Labute approximate surface area is 103 Å². The Kier molecular flexibility index (Phi) is 2.05. The number of hydrogen-bond donors (Lipinski definition) is 1. The number of nitrogens with one attached hydrogen (secondary N) is 1. The van der Waals surface area contributed by atoms with E-state index >= 15 is 0 Å². The zero-order valence-electron chi connectivity index (χ0n) is 9.09. The Balaban J connectivity index is 2.13. The van der Waals surface area contributed by atoms with Crippen molar-refractivity contribution in [3.8, 4) is 0 Å². The molecule has 0 saturated heterocycles. The van der Waals surface area contributed by atoms with Gasteiger partial charge in [0.15, 0.2) is 0 Å². The van der Waals surface area contributed by atoms with Gasteiger partial charge in [0.2, 0.25) is 5.91 Å². The van der Waals surface area contributed by atoms with E-state index in [0.29, 0.717) is 0 Å². The minimum absolute atomic E-state index is 0.153. The molecule has 3 rings (SSSR count). The molecule has 1 aliphatic carbocycles. The molecule has 1 aliphatic heterocycles. The van der Waals surface area contributed by atoms with Crippen molar-refractivity contribution in [1.29, 1.82) is 0 Å². The molecule has 16 heavy (non-hydrogen) atoms. The van der Waals surface area contributed by atoms with E-state index in [1.165, 1.54) is 0 Å². The molecule has 1 aromatic carbocycles. The number of benzene rings is 1. The van der Waals surface area contributed by atoms with Crippen molar-refractivity contribution in [3.63, 3.8) is 0 Å². The van der Waals surface area contributed by atoms with Crippen molar-refractivity contribution in [2.24, 2.45) is 0 Å². The minimum Gasteiger partial charge on any atom is -0.356 e. The molecule has 0 bridgehead atoms. The molecule has 1 heterocycles. The summed E-state index contributed by atoms with van der Waals surface area (Å²) in [5.41, 5.74) is 1.82. The average molecular weight is 281 g/mol. The lowest BCUT2D eigenvalue weighted by molar-refractivity contribution is -0.118. The third-order valence-electron chi connectivity index (χ3n) is 3.48. The molecule has 3 nitrogen and oxygen atoms in total. The van der Waals surface area contributed by atoms with Crippen molar-refractivity contribution < 1.29 is 4.79 Å².